The first-order chi connectivity index (χ1) is 6.84. The number of aromatic nitrogens is 2. The molecule has 0 saturated heterocycles. The van der Waals surface area contributed by atoms with Gasteiger partial charge in [0, 0.05) is 6.04 Å². The Kier molecular flexibility index (Phi) is 1.69. The van der Waals surface area contributed by atoms with Crippen LogP contribution in [0.5, 0.6) is 0 Å². The highest BCUT2D eigenvalue weighted by molar-refractivity contribution is 5.31. The highest BCUT2D eigenvalue weighted by atomic mass is 19.1. The van der Waals surface area contributed by atoms with Crippen LogP contribution in [0.3, 0.4) is 0 Å². The van der Waals surface area contributed by atoms with Crippen LogP contribution in [-0.4, -0.2) is 16.0 Å². The minimum atomic E-state index is -0.383. The third-order valence-corrected chi connectivity index (χ3v) is 3.32. The standard InChI is InChI=1S/C10H12FN3/c11-6-4-12-10(13-5-6)14-9-7-2-1-3-8(7)9/h4-5,7-9H,1-3H2,(H,12,13,14). The minimum Gasteiger partial charge on any atom is -0.351 e. The van der Waals surface area contributed by atoms with E-state index in [2.05, 4.69) is 15.3 Å². The number of hydrogen-bond acceptors (Lipinski definition) is 3. The summed E-state index contributed by atoms with van der Waals surface area (Å²) in [7, 11) is 0. The lowest BCUT2D eigenvalue weighted by molar-refractivity contribution is 0.613. The first-order valence-corrected chi connectivity index (χ1v) is 5.09. The van der Waals surface area contributed by atoms with E-state index in [4.69, 9.17) is 0 Å². The van der Waals surface area contributed by atoms with Crippen molar-refractivity contribution < 1.29 is 4.39 Å². The lowest BCUT2D eigenvalue weighted by Crippen LogP contribution is -2.10. The van der Waals surface area contributed by atoms with Gasteiger partial charge in [-0.05, 0) is 24.7 Å². The Morgan fingerprint density at radius 1 is 1.21 bits per heavy atom. The van der Waals surface area contributed by atoms with Crippen LogP contribution in [-0.2, 0) is 0 Å². The third-order valence-electron chi connectivity index (χ3n) is 3.32. The van der Waals surface area contributed by atoms with Gasteiger partial charge in [-0.3, -0.25) is 0 Å². The summed E-state index contributed by atoms with van der Waals surface area (Å²) in [5.74, 6) is 1.82. The molecule has 1 aromatic rings. The van der Waals surface area contributed by atoms with Gasteiger partial charge < -0.3 is 5.32 Å². The van der Waals surface area contributed by atoms with Gasteiger partial charge in [0.2, 0.25) is 5.95 Å². The molecule has 2 saturated carbocycles. The first-order valence-electron chi connectivity index (χ1n) is 5.09. The number of hydrogen-bond donors (Lipinski definition) is 1. The maximum atomic E-state index is 12.5. The molecule has 3 rings (SSSR count). The Hall–Kier alpha value is -1.19. The summed E-state index contributed by atoms with van der Waals surface area (Å²) < 4.78 is 12.5. The van der Waals surface area contributed by atoms with Crippen molar-refractivity contribution in [2.24, 2.45) is 11.8 Å². The monoisotopic (exact) mass is 193 g/mol. The van der Waals surface area contributed by atoms with Crippen LogP contribution in [0.4, 0.5) is 10.3 Å². The van der Waals surface area contributed by atoms with Crippen LogP contribution in [0.15, 0.2) is 12.4 Å². The molecule has 4 heteroatoms. The Labute approximate surface area is 81.8 Å². The van der Waals surface area contributed by atoms with Crippen LogP contribution in [0, 0.1) is 17.7 Å². The zero-order valence-electron chi connectivity index (χ0n) is 7.78. The van der Waals surface area contributed by atoms with Gasteiger partial charge in [0.25, 0.3) is 0 Å². The van der Waals surface area contributed by atoms with Gasteiger partial charge in [-0.2, -0.15) is 0 Å². The smallest absolute Gasteiger partial charge is 0.223 e. The minimum absolute atomic E-state index is 0.383. The van der Waals surface area contributed by atoms with Crippen molar-refractivity contribution in [2.45, 2.75) is 25.3 Å². The number of nitrogens with zero attached hydrogens (tertiary/aromatic N) is 2. The van der Waals surface area contributed by atoms with Crippen LogP contribution in [0.2, 0.25) is 0 Å². The molecular weight excluding hydrogens is 181 g/mol. The van der Waals surface area contributed by atoms with Gasteiger partial charge >= 0.3 is 0 Å². The van der Waals surface area contributed by atoms with E-state index in [0.29, 0.717) is 12.0 Å². The maximum absolute atomic E-state index is 12.5. The predicted molar refractivity (Wildman–Crippen MR) is 50.2 cm³/mol. The Morgan fingerprint density at radius 2 is 1.86 bits per heavy atom. The second kappa shape index (κ2) is 2.90. The summed E-state index contributed by atoms with van der Waals surface area (Å²) in [4.78, 5) is 7.78. The molecule has 2 atom stereocenters. The number of anilines is 1. The maximum Gasteiger partial charge on any atom is 0.223 e. The van der Waals surface area contributed by atoms with Crippen molar-refractivity contribution in [3.8, 4) is 0 Å². The Morgan fingerprint density at radius 3 is 2.50 bits per heavy atom. The predicted octanol–water partition coefficient (Wildman–Crippen LogP) is 1.83. The molecule has 1 N–H and O–H groups in total. The lowest BCUT2D eigenvalue weighted by atomic mass is 10.2. The molecule has 2 aliphatic carbocycles. The van der Waals surface area contributed by atoms with Gasteiger partial charge in [0.05, 0.1) is 12.4 Å². The molecule has 0 spiro atoms. The summed E-state index contributed by atoms with van der Waals surface area (Å²) in [5.41, 5.74) is 0. The van der Waals surface area contributed by atoms with Crippen LogP contribution >= 0.6 is 0 Å². The lowest BCUT2D eigenvalue weighted by Gasteiger charge is -2.05. The van der Waals surface area contributed by atoms with Crippen LogP contribution in [0.1, 0.15) is 19.3 Å². The average Bonchev–Trinajstić information content (AvgIpc) is 2.63. The van der Waals surface area contributed by atoms with Crippen LogP contribution < -0.4 is 5.32 Å². The molecule has 2 aliphatic rings. The van der Waals surface area contributed by atoms with E-state index in [0.717, 1.165) is 11.8 Å². The number of fused-ring (bicyclic) bond motifs is 1. The molecule has 0 radical (unpaired) electrons. The van der Waals surface area contributed by atoms with Crippen molar-refractivity contribution in [2.75, 3.05) is 5.32 Å². The van der Waals surface area contributed by atoms with Crippen molar-refractivity contribution in [1.29, 1.82) is 0 Å². The second-order valence-corrected chi connectivity index (χ2v) is 4.15. The third kappa shape index (κ3) is 1.25. The fraction of sp³-hybridized carbons (Fsp3) is 0.600. The fourth-order valence-electron chi connectivity index (χ4n) is 2.57. The van der Waals surface area contributed by atoms with Gasteiger partial charge in [-0.1, -0.05) is 6.42 Å². The first kappa shape index (κ1) is 8.15. The quantitative estimate of drug-likeness (QED) is 0.778. The number of nitrogens with one attached hydrogen (secondary N) is 1. The van der Waals surface area contributed by atoms with Gasteiger partial charge in [0.1, 0.15) is 0 Å². The van der Waals surface area contributed by atoms with E-state index in [-0.39, 0.29) is 5.82 Å². The molecule has 1 aromatic heterocycles. The van der Waals surface area contributed by atoms with Crippen molar-refractivity contribution in [1.82, 2.24) is 9.97 Å². The van der Waals surface area contributed by atoms with E-state index >= 15 is 0 Å². The number of rotatable bonds is 2. The van der Waals surface area contributed by atoms with E-state index < -0.39 is 0 Å². The average molecular weight is 193 g/mol. The van der Waals surface area contributed by atoms with Crippen molar-refractivity contribution in [3.63, 3.8) is 0 Å². The molecule has 2 unspecified atom stereocenters. The summed E-state index contributed by atoms with van der Waals surface area (Å²) in [5, 5.41) is 3.26. The van der Waals surface area contributed by atoms with E-state index in [1.165, 1.54) is 31.7 Å². The normalized spacial score (nSPS) is 33.9. The van der Waals surface area contributed by atoms with E-state index in [1.807, 2.05) is 0 Å². The molecule has 14 heavy (non-hydrogen) atoms. The molecule has 74 valence electrons. The highest BCUT2D eigenvalue weighted by Crippen LogP contribution is 2.52. The highest BCUT2D eigenvalue weighted by Gasteiger charge is 2.52. The molecule has 0 aromatic carbocycles. The molecule has 0 bridgehead atoms. The van der Waals surface area contributed by atoms with Gasteiger partial charge in [-0.25, -0.2) is 14.4 Å². The fourth-order valence-corrected chi connectivity index (χ4v) is 2.57. The topological polar surface area (TPSA) is 37.8 Å². The molecule has 3 nitrogen and oxygen atoms in total. The molecule has 0 amide bonds. The zero-order chi connectivity index (χ0) is 9.54. The number of halogens is 1. The largest absolute Gasteiger partial charge is 0.351 e. The van der Waals surface area contributed by atoms with E-state index in [1.54, 1.807) is 0 Å². The summed E-state index contributed by atoms with van der Waals surface area (Å²) in [6.45, 7) is 0. The summed E-state index contributed by atoms with van der Waals surface area (Å²) >= 11 is 0. The second-order valence-electron chi connectivity index (χ2n) is 4.15. The molecule has 0 aliphatic heterocycles. The molecule has 2 fully saturated rings. The van der Waals surface area contributed by atoms with Crippen molar-refractivity contribution in [3.05, 3.63) is 18.2 Å². The Bertz CT molecular complexity index is 328. The summed E-state index contributed by atoms with van der Waals surface area (Å²) in [6, 6.07) is 0.550. The Balaban J connectivity index is 1.65. The summed E-state index contributed by atoms with van der Waals surface area (Å²) in [6.07, 6.45) is 6.41. The van der Waals surface area contributed by atoms with Crippen LogP contribution in [0.25, 0.3) is 0 Å². The van der Waals surface area contributed by atoms with E-state index in [9.17, 15) is 4.39 Å². The van der Waals surface area contributed by atoms with Gasteiger partial charge in [0.15, 0.2) is 5.82 Å². The SMILES string of the molecule is Fc1cnc(NC2C3CCCC32)nc1. The zero-order valence-corrected chi connectivity index (χ0v) is 7.78. The van der Waals surface area contributed by atoms with Crippen molar-refractivity contribution >= 4 is 5.95 Å². The molecule has 1 heterocycles. The molecular formula is C10H12FN3. The van der Waals surface area contributed by atoms with Gasteiger partial charge in [-0.15, -0.1) is 0 Å².